The molecular formula is C19H27N5O3. The largest absolute Gasteiger partial charge is 0.481 e. The number of carboxylic acids is 1. The minimum absolute atomic E-state index is 0.0205. The van der Waals surface area contributed by atoms with Gasteiger partial charge in [-0.25, -0.2) is 9.78 Å². The van der Waals surface area contributed by atoms with Crippen molar-refractivity contribution in [2.45, 2.75) is 58.4 Å². The van der Waals surface area contributed by atoms with Crippen LogP contribution in [0.3, 0.4) is 0 Å². The van der Waals surface area contributed by atoms with Gasteiger partial charge in [-0.3, -0.25) is 10.1 Å². The van der Waals surface area contributed by atoms with Crippen LogP contribution in [0.5, 0.6) is 0 Å². The number of urea groups is 1. The van der Waals surface area contributed by atoms with Crippen molar-refractivity contribution in [3.05, 3.63) is 36.2 Å². The molecule has 2 rings (SSSR count). The lowest BCUT2D eigenvalue weighted by molar-refractivity contribution is -0.137. The Bertz CT molecular complexity index is 806. The molecule has 0 aromatic carbocycles. The van der Waals surface area contributed by atoms with E-state index in [2.05, 4.69) is 20.7 Å². The average molecular weight is 373 g/mol. The zero-order valence-corrected chi connectivity index (χ0v) is 16.4. The molecule has 0 fully saturated rings. The monoisotopic (exact) mass is 373 g/mol. The number of aliphatic carboxylic acids is 1. The highest BCUT2D eigenvalue weighted by atomic mass is 16.4. The Hall–Kier alpha value is -2.90. The highest BCUT2D eigenvalue weighted by Gasteiger charge is 2.24. The number of anilines is 1. The molecule has 2 heterocycles. The Morgan fingerprint density at radius 3 is 2.44 bits per heavy atom. The van der Waals surface area contributed by atoms with Gasteiger partial charge in [0.25, 0.3) is 0 Å². The number of amides is 2. The van der Waals surface area contributed by atoms with E-state index in [1.807, 2.05) is 39.0 Å². The summed E-state index contributed by atoms with van der Waals surface area (Å²) in [5.74, 6) is 0.187. The number of nitrogens with zero attached hydrogens (tertiary/aromatic N) is 3. The van der Waals surface area contributed by atoms with Gasteiger partial charge < -0.3 is 10.4 Å². The summed E-state index contributed by atoms with van der Waals surface area (Å²) >= 11 is 0. The van der Waals surface area contributed by atoms with E-state index in [9.17, 15) is 9.59 Å². The van der Waals surface area contributed by atoms with Gasteiger partial charge in [-0.2, -0.15) is 9.78 Å². The molecule has 146 valence electrons. The molecule has 0 aliphatic rings. The van der Waals surface area contributed by atoms with Crippen LogP contribution in [0.4, 0.5) is 10.6 Å². The standard InChI is InChI=1S/C19H27N5O3/c1-18(2,3)13-12-15(24(23-13)14-8-6-7-11-20-14)21-17(27)22-19(4,5)10-9-16(25)26/h6-8,11-12H,9-10H2,1-5H3,(H,25,26)(H2,21,22,27). The Morgan fingerprint density at radius 2 is 1.89 bits per heavy atom. The van der Waals surface area contributed by atoms with E-state index < -0.39 is 17.5 Å². The molecule has 3 N–H and O–H groups in total. The van der Waals surface area contributed by atoms with Crippen molar-refractivity contribution in [1.82, 2.24) is 20.1 Å². The lowest BCUT2D eigenvalue weighted by Crippen LogP contribution is -2.46. The van der Waals surface area contributed by atoms with E-state index in [4.69, 9.17) is 5.11 Å². The molecule has 0 saturated carbocycles. The van der Waals surface area contributed by atoms with Crippen LogP contribution in [0.1, 0.15) is 53.2 Å². The predicted octanol–water partition coefficient (Wildman–Crippen LogP) is 3.33. The van der Waals surface area contributed by atoms with Crippen LogP contribution in [0.15, 0.2) is 30.5 Å². The van der Waals surface area contributed by atoms with Gasteiger partial charge >= 0.3 is 12.0 Å². The summed E-state index contributed by atoms with van der Waals surface area (Å²) in [4.78, 5) is 27.6. The summed E-state index contributed by atoms with van der Waals surface area (Å²) in [5.41, 5.74) is -0.0487. The minimum atomic E-state index is -0.895. The molecule has 0 unspecified atom stereocenters. The third-order valence-corrected chi connectivity index (χ3v) is 4.00. The number of pyridine rings is 1. The molecule has 0 radical (unpaired) electrons. The van der Waals surface area contributed by atoms with Gasteiger partial charge in [0.1, 0.15) is 5.82 Å². The Labute approximate surface area is 159 Å². The Kier molecular flexibility index (Phi) is 5.88. The van der Waals surface area contributed by atoms with Gasteiger partial charge in [-0.15, -0.1) is 0 Å². The minimum Gasteiger partial charge on any atom is -0.481 e. The van der Waals surface area contributed by atoms with Crippen LogP contribution in [-0.2, 0) is 10.2 Å². The van der Waals surface area contributed by atoms with E-state index in [0.29, 0.717) is 18.1 Å². The molecule has 0 spiro atoms. The smallest absolute Gasteiger partial charge is 0.320 e. The number of nitrogens with one attached hydrogen (secondary N) is 2. The number of aromatic nitrogens is 3. The average Bonchev–Trinajstić information content (AvgIpc) is 2.97. The van der Waals surface area contributed by atoms with Crippen molar-refractivity contribution in [1.29, 1.82) is 0 Å². The first-order chi connectivity index (χ1) is 12.5. The fraction of sp³-hybridized carbons (Fsp3) is 0.474. The third kappa shape index (κ3) is 5.80. The number of carbonyl (C=O) groups excluding carboxylic acids is 1. The molecule has 2 aromatic heterocycles. The molecule has 0 bridgehead atoms. The Balaban J connectivity index is 2.23. The molecule has 27 heavy (non-hydrogen) atoms. The van der Waals surface area contributed by atoms with Gasteiger partial charge in [0.05, 0.1) is 5.69 Å². The molecule has 8 nitrogen and oxygen atoms in total. The van der Waals surface area contributed by atoms with Crippen molar-refractivity contribution in [3.8, 4) is 5.82 Å². The van der Waals surface area contributed by atoms with Crippen LogP contribution in [0, 0.1) is 0 Å². The van der Waals surface area contributed by atoms with Crippen LogP contribution >= 0.6 is 0 Å². The molecular weight excluding hydrogens is 346 g/mol. The quantitative estimate of drug-likeness (QED) is 0.719. The van der Waals surface area contributed by atoms with E-state index in [1.54, 1.807) is 30.8 Å². The number of carboxylic acid groups (broad SMARTS) is 1. The second-order valence-corrected chi connectivity index (χ2v) is 8.12. The second kappa shape index (κ2) is 7.77. The zero-order chi connectivity index (χ0) is 20.2. The molecule has 0 aliphatic heterocycles. The van der Waals surface area contributed by atoms with Crippen LogP contribution in [0.2, 0.25) is 0 Å². The van der Waals surface area contributed by atoms with E-state index >= 15 is 0 Å². The summed E-state index contributed by atoms with van der Waals surface area (Å²) in [6.45, 7) is 9.68. The van der Waals surface area contributed by atoms with Crippen molar-refractivity contribution in [2.24, 2.45) is 0 Å². The predicted molar refractivity (Wildman–Crippen MR) is 103 cm³/mol. The highest BCUT2D eigenvalue weighted by Crippen LogP contribution is 2.25. The fourth-order valence-electron chi connectivity index (χ4n) is 2.43. The maximum absolute atomic E-state index is 12.5. The maximum Gasteiger partial charge on any atom is 0.320 e. The van der Waals surface area contributed by atoms with E-state index in [1.165, 1.54) is 0 Å². The first-order valence-electron chi connectivity index (χ1n) is 8.81. The summed E-state index contributed by atoms with van der Waals surface area (Å²) in [6.07, 6.45) is 1.96. The van der Waals surface area contributed by atoms with Gasteiger partial charge in [0.15, 0.2) is 5.82 Å². The number of hydrogen-bond donors (Lipinski definition) is 3. The van der Waals surface area contributed by atoms with E-state index in [-0.39, 0.29) is 11.8 Å². The number of carbonyl (C=O) groups is 2. The van der Waals surface area contributed by atoms with Crippen molar-refractivity contribution in [3.63, 3.8) is 0 Å². The van der Waals surface area contributed by atoms with Crippen LogP contribution in [0.25, 0.3) is 5.82 Å². The highest BCUT2D eigenvalue weighted by molar-refractivity contribution is 5.89. The topological polar surface area (TPSA) is 109 Å². The summed E-state index contributed by atoms with van der Waals surface area (Å²) in [6, 6.07) is 6.85. The number of rotatable bonds is 6. The Morgan fingerprint density at radius 1 is 1.19 bits per heavy atom. The van der Waals surface area contributed by atoms with Gasteiger partial charge in [0, 0.05) is 29.6 Å². The molecule has 0 saturated heterocycles. The SMILES string of the molecule is CC(C)(CCC(=O)O)NC(=O)Nc1cc(C(C)(C)C)nn1-c1ccccn1. The van der Waals surface area contributed by atoms with Gasteiger partial charge in [-0.1, -0.05) is 26.8 Å². The molecule has 0 atom stereocenters. The van der Waals surface area contributed by atoms with E-state index in [0.717, 1.165) is 5.69 Å². The first-order valence-corrected chi connectivity index (χ1v) is 8.81. The summed E-state index contributed by atoms with van der Waals surface area (Å²) in [7, 11) is 0. The van der Waals surface area contributed by atoms with Crippen molar-refractivity contribution < 1.29 is 14.7 Å². The van der Waals surface area contributed by atoms with Gasteiger partial charge in [-0.05, 0) is 32.4 Å². The summed E-state index contributed by atoms with van der Waals surface area (Å²) < 4.78 is 1.59. The lowest BCUT2D eigenvalue weighted by atomic mass is 9.92. The third-order valence-electron chi connectivity index (χ3n) is 4.00. The number of hydrogen-bond acceptors (Lipinski definition) is 4. The fourth-order valence-corrected chi connectivity index (χ4v) is 2.43. The normalized spacial score (nSPS) is 11.9. The first kappa shape index (κ1) is 20.4. The van der Waals surface area contributed by atoms with Crippen molar-refractivity contribution >= 4 is 17.8 Å². The van der Waals surface area contributed by atoms with Crippen LogP contribution < -0.4 is 10.6 Å². The molecule has 2 amide bonds. The second-order valence-electron chi connectivity index (χ2n) is 8.12. The van der Waals surface area contributed by atoms with Crippen LogP contribution in [-0.4, -0.2) is 37.4 Å². The molecule has 2 aromatic rings. The molecule has 0 aliphatic carbocycles. The van der Waals surface area contributed by atoms with Gasteiger partial charge in [0.2, 0.25) is 0 Å². The summed E-state index contributed by atoms with van der Waals surface area (Å²) in [5, 5.41) is 19.1. The lowest BCUT2D eigenvalue weighted by Gasteiger charge is -2.25. The van der Waals surface area contributed by atoms with Crippen molar-refractivity contribution in [2.75, 3.05) is 5.32 Å². The molecule has 8 heteroatoms. The maximum atomic E-state index is 12.5. The zero-order valence-electron chi connectivity index (χ0n) is 16.4.